The summed E-state index contributed by atoms with van der Waals surface area (Å²) in [6.07, 6.45) is 3.36. The summed E-state index contributed by atoms with van der Waals surface area (Å²) in [6, 6.07) is 7.77. The molecule has 1 fully saturated rings. The van der Waals surface area contributed by atoms with Gasteiger partial charge in [0.25, 0.3) is 0 Å². The van der Waals surface area contributed by atoms with Gasteiger partial charge in [-0.05, 0) is 25.8 Å². The summed E-state index contributed by atoms with van der Waals surface area (Å²) in [5.41, 5.74) is 2.12. The summed E-state index contributed by atoms with van der Waals surface area (Å²) < 4.78 is 5.24. The molecule has 0 bridgehead atoms. The minimum absolute atomic E-state index is 0.0688. The summed E-state index contributed by atoms with van der Waals surface area (Å²) in [6.45, 7) is 3.50. The Morgan fingerprint density at radius 1 is 1.31 bits per heavy atom. The lowest BCUT2D eigenvalue weighted by molar-refractivity contribution is -0.133. The first-order valence-electron chi connectivity index (χ1n) is 9.04. The molecule has 3 rings (SSSR count). The van der Waals surface area contributed by atoms with Crippen molar-refractivity contribution in [1.82, 2.24) is 9.88 Å². The minimum atomic E-state index is -0.373. The van der Waals surface area contributed by atoms with Crippen LogP contribution in [0.4, 0.5) is 5.69 Å². The standard InChI is InChI=1S/C20H25N3O3/c1-4-26-20(25)16-12-21-17-10-6-5-9-15(17)18(16)23-11-7-8-14(13-23)19(24)22(2)3/h5-6,9-10,12,14H,4,7-8,11,13H2,1-3H3. The van der Waals surface area contributed by atoms with Crippen LogP contribution in [0.3, 0.4) is 0 Å². The van der Waals surface area contributed by atoms with Crippen molar-refractivity contribution in [1.29, 1.82) is 0 Å². The SMILES string of the molecule is CCOC(=O)c1cnc2ccccc2c1N1CCCC(C(=O)N(C)C)C1. The molecular weight excluding hydrogens is 330 g/mol. The maximum atomic E-state index is 12.5. The Labute approximate surface area is 153 Å². The molecule has 138 valence electrons. The fourth-order valence-corrected chi connectivity index (χ4v) is 3.57. The number of esters is 1. The maximum absolute atomic E-state index is 12.5. The monoisotopic (exact) mass is 355 g/mol. The summed E-state index contributed by atoms with van der Waals surface area (Å²) in [5.74, 6) is -0.312. The first kappa shape index (κ1) is 18.2. The number of fused-ring (bicyclic) bond motifs is 1. The van der Waals surface area contributed by atoms with Crippen molar-refractivity contribution < 1.29 is 14.3 Å². The van der Waals surface area contributed by atoms with Crippen LogP contribution in [0.1, 0.15) is 30.1 Å². The fourth-order valence-electron chi connectivity index (χ4n) is 3.57. The third-order valence-corrected chi connectivity index (χ3v) is 4.77. The molecule has 0 aliphatic carbocycles. The Bertz CT molecular complexity index is 819. The number of pyridine rings is 1. The maximum Gasteiger partial charge on any atom is 0.341 e. The molecule has 6 nitrogen and oxygen atoms in total. The number of nitrogens with zero attached hydrogens (tertiary/aromatic N) is 3. The highest BCUT2D eigenvalue weighted by atomic mass is 16.5. The van der Waals surface area contributed by atoms with Crippen molar-refractivity contribution in [3.63, 3.8) is 0 Å². The van der Waals surface area contributed by atoms with Gasteiger partial charge in [0.05, 0.1) is 23.7 Å². The van der Waals surface area contributed by atoms with Crippen LogP contribution in [0.5, 0.6) is 0 Å². The van der Waals surface area contributed by atoms with Crippen molar-refractivity contribution >= 4 is 28.5 Å². The number of hydrogen-bond donors (Lipinski definition) is 0. The first-order chi connectivity index (χ1) is 12.5. The lowest BCUT2D eigenvalue weighted by Gasteiger charge is -2.36. The number of anilines is 1. The van der Waals surface area contributed by atoms with E-state index in [0.29, 0.717) is 18.7 Å². The van der Waals surface area contributed by atoms with Crippen LogP contribution in [-0.2, 0) is 9.53 Å². The molecular formula is C20H25N3O3. The van der Waals surface area contributed by atoms with E-state index in [2.05, 4.69) is 9.88 Å². The number of aromatic nitrogens is 1. The molecule has 1 atom stereocenters. The second-order valence-electron chi connectivity index (χ2n) is 6.78. The van der Waals surface area contributed by atoms with Gasteiger partial charge < -0.3 is 14.5 Å². The predicted octanol–water partition coefficient (Wildman–Crippen LogP) is 2.72. The van der Waals surface area contributed by atoms with Crippen molar-refractivity contribution in [3.8, 4) is 0 Å². The van der Waals surface area contributed by atoms with Gasteiger partial charge in [-0.25, -0.2) is 4.79 Å². The van der Waals surface area contributed by atoms with Crippen molar-refractivity contribution in [2.75, 3.05) is 38.7 Å². The number of piperidine rings is 1. The molecule has 1 aromatic heterocycles. The summed E-state index contributed by atoms with van der Waals surface area (Å²) in [4.78, 5) is 33.2. The molecule has 26 heavy (non-hydrogen) atoms. The zero-order valence-corrected chi connectivity index (χ0v) is 15.6. The van der Waals surface area contributed by atoms with Gasteiger partial charge in [0.2, 0.25) is 5.91 Å². The number of carbonyl (C=O) groups excluding carboxylic acids is 2. The van der Waals surface area contributed by atoms with Crippen LogP contribution >= 0.6 is 0 Å². The predicted molar refractivity (Wildman–Crippen MR) is 101 cm³/mol. The third-order valence-electron chi connectivity index (χ3n) is 4.77. The quantitative estimate of drug-likeness (QED) is 0.789. The lowest BCUT2D eigenvalue weighted by atomic mass is 9.95. The van der Waals surface area contributed by atoms with Crippen LogP contribution < -0.4 is 4.90 Å². The Hall–Kier alpha value is -2.63. The lowest BCUT2D eigenvalue weighted by Crippen LogP contribution is -2.43. The van der Waals surface area contributed by atoms with Crippen molar-refractivity contribution in [2.45, 2.75) is 19.8 Å². The van der Waals surface area contributed by atoms with Gasteiger partial charge in [-0.2, -0.15) is 0 Å². The van der Waals surface area contributed by atoms with Crippen LogP contribution in [0.2, 0.25) is 0 Å². The number of carbonyl (C=O) groups is 2. The summed E-state index contributed by atoms with van der Waals surface area (Å²) >= 11 is 0. The number of hydrogen-bond acceptors (Lipinski definition) is 5. The molecule has 1 unspecified atom stereocenters. The van der Waals surface area contributed by atoms with Gasteiger partial charge >= 0.3 is 5.97 Å². The van der Waals surface area contributed by atoms with Gasteiger partial charge in [-0.1, -0.05) is 18.2 Å². The van der Waals surface area contributed by atoms with E-state index < -0.39 is 0 Å². The molecule has 1 aromatic carbocycles. The molecule has 1 aliphatic rings. The number of rotatable bonds is 4. The molecule has 1 aliphatic heterocycles. The zero-order chi connectivity index (χ0) is 18.7. The molecule has 2 heterocycles. The summed E-state index contributed by atoms with van der Waals surface area (Å²) in [7, 11) is 3.57. The Morgan fingerprint density at radius 2 is 2.08 bits per heavy atom. The highest BCUT2D eigenvalue weighted by Crippen LogP contribution is 2.33. The van der Waals surface area contributed by atoms with Crippen LogP contribution in [0, 0.1) is 5.92 Å². The van der Waals surface area contributed by atoms with E-state index in [1.807, 2.05) is 24.3 Å². The van der Waals surface area contributed by atoms with E-state index in [-0.39, 0.29) is 17.8 Å². The van der Waals surface area contributed by atoms with E-state index in [1.54, 1.807) is 32.1 Å². The van der Waals surface area contributed by atoms with E-state index in [0.717, 1.165) is 36.0 Å². The topological polar surface area (TPSA) is 62.7 Å². The Kier molecular flexibility index (Phi) is 5.40. The fraction of sp³-hybridized carbons (Fsp3) is 0.450. The molecule has 0 saturated carbocycles. The van der Waals surface area contributed by atoms with Crippen molar-refractivity contribution in [2.24, 2.45) is 5.92 Å². The average molecular weight is 355 g/mol. The van der Waals surface area contributed by atoms with E-state index in [4.69, 9.17) is 4.74 Å². The molecule has 2 aromatic rings. The van der Waals surface area contributed by atoms with Crippen LogP contribution in [-0.4, -0.2) is 55.6 Å². The molecule has 0 spiro atoms. The highest BCUT2D eigenvalue weighted by molar-refractivity contribution is 6.05. The number of amides is 1. The second-order valence-corrected chi connectivity index (χ2v) is 6.78. The first-order valence-corrected chi connectivity index (χ1v) is 9.04. The van der Waals surface area contributed by atoms with E-state index >= 15 is 0 Å². The van der Waals surface area contributed by atoms with Gasteiger partial charge in [0.15, 0.2) is 0 Å². The zero-order valence-electron chi connectivity index (χ0n) is 15.6. The second kappa shape index (κ2) is 7.72. The Morgan fingerprint density at radius 3 is 2.81 bits per heavy atom. The van der Waals surface area contributed by atoms with Crippen LogP contribution in [0.15, 0.2) is 30.5 Å². The van der Waals surface area contributed by atoms with Crippen molar-refractivity contribution in [3.05, 3.63) is 36.0 Å². The molecule has 1 saturated heterocycles. The van der Waals surface area contributed by atoms with Gasteiger partial charge in [-0.15, -0.1) is 0 Å². The molecule has 0 N–H and O–H groups in total. The van der Waals surface area contributed by atoms with Gasteiger partial charge in [-0.3, -0.25) is 9.78 Å². The number of para-hydroxylation sites is 1. The largest absolute Gasteiger partial charge is 0.462 e. The van der Waals surface area contributed by atoms with E-state index in [9.17, 15) is 9.59 Å². The highest BCUT2D eigenvalue weighted by Gasteiger charge is 2.30. The minimum Gasteiger partial charge on any atom is -0.462 e. The number of benzene rings is 1. The van der Waals surface area contributed by atoms with E-state index in [1.165, 1.54) is 0 Å². The summed E-state index contributed by atoms with van der Waals surface area (Å²) in [5, 5.41) is 0.913. The molecule has 0 radical (unpaired) electrons. The van der Waals surface area contributed by atoms with Gasteiger partial charge in [0.1, 0.15) is 5.56 Å². The normalized spacial score (nSPS) is 17.2. The smallest absolute Gasteiger partial charge is 0.341 e. The molecule has 1 amide bonds. The van der Waals surface area contributed by atoms with Gasteiger partial charge in [0, 0.05) is 38.8 Å². The Balaban J connectivity index is 2.05. The number of ether oxygens (including phenoxy) is 1. The average Bonchev–Trinajstić information content (AvgIpc) is 2.66. The van der Waals surface area contributed by atoms with Crippen LogP contribution in [0.25, 0.3) is 10.9 Å². The third kappa shape index (κ3) is 3.49. The molecule has 6 heteroatoms.